The van der Waals surface area contributed by atoms with Crippen molar-refractivity contribution in [3.63, 3.8) is 0 Å². The van der Waals surface area contributed by atoms with Crippen molar-refractivity contribution in [1.82, 2.24) is 15.1 Å². The van der Waals surface area contributed by atoms with Gasteiger partial charge >= 0.3 is 0 Å². The minimum absolute atomic E-state index is 0.0258. The largest absolute Gasteiger partial charge is 0.355 e. The normalized spacial score (nSPS) is 11.4. The van der Waals surface area contributed by atoms with E-state index in [1.165, 1.54) is 5.56 Å². The van der Waals surface area contributed by atoms with Crippen molar-refractivity contribution in [3.8, 4) is 5.69 Å². The quantitative estimate of drug-likeness (QED) is 0.718. The van der Waals surface area contributed by atoms with Gasteiger partial charge < -0.3 is 5.32 Å². The Morgan fingerprint density at radius 3 is 2.22 bits per heavy atom. The predicted octanol–water partition coefficient (Wildman–Crippen LogP) is 4.13. The summed E-state index contributed by atoms with van der Waals surface area (Å²) in [4.78, 5) is 12.6. The van der Waals surface area contributed by atoms with E-state index in [2.05, 4.69) is 36.4 Å². The molecule has 0 saturated heterocycles. The lowest BCUT2D eigenvalue weighted by Gasteiger charge is -2.25. The van der Waals surface area contributed by atoms with Crippen LogP contribution in [0.3, 0.4) is 0 Å². The molecule has 2 aromatic carbocycles. The van der Waals surface area contributed by atoms with Crippen molar-refractivity contribution in [2.24, 2.45) is 0 Å². The molecule has 0 aliphatic rings. The van der Waals surface area contributed by atoms with Gasteiger partial charge in [-0.1, -0.05) is 62.4 Å². The third-order valence-corrected chi connectivity index (χ3v) is 5.06. The summed E-state index contributed by atoms with van der Waals surface area (Å²) in [5, 5.41) is 7.72. The van der Waals surface area contributed by atoms with Crippen molar-refractivity contribution < 1.29 is 4.79 Å². The number of nitrogens with zero attached hydrogens (tertiary/aromatic N) is 2. The molecule has 0 bridgehead atoms. The number of carbonyl (C=O) groups excluding carboxylic acids is 1. The molecule has 0 saturated carbocycles. The number of carbonyl (C=O) groups is 1. The Morgan fingerprint density at radius 1 is 1.00 bits per heavy atom. The molecule has 0 unspecified atom stereocenters. The van der Waals surface area contributed by atoms with Gasteiger partial charge in [0.2, 0.25) is 5.91 Å². The summed E-state index contributed by atoms with van der Waals surface area (Å²) in [6.45, 7) is 8.87. The standard InChI is InChI=1S/C23H27N3O/c1-17-21(18(2)26(25-17)20-13-9-6-10-14-20)15-22(27)24-16-23(3,4)19-11-7-5-8-12-19/h5-14H,15-16H2,1-4H3,(H,24,27). The second-order valence-corrected chi connectivity index (χ2v) is 7.60. The maximum Gasteiger partial charge on any atom is 0.224 e. The fraction of sp³-hybridized carbons (Fsp3) is 0.304. The molecule has 1 aromatic heterocycles. The number of aryl methyl sites for hydroxylation is 1. The van der Waals surface area contributed by atoms with Crippen LogP contribution in [0.5, 0.6) is 0 Å². The van der Waals surface area contributed by atoms with Gasteiger partial charge in [0, 0.05) is 23.2 Å². The van der Waals surface area contributed by atoms with E-state index in [4.69, 9.17) is 0 Å². The lowest BCUT2D eigenvalue weighted by atomic mass is 9.84. The van der Waals surface area contributed by atoms with Gasteiger partial charge in [-0.15, -0.1) is 0 Å². The minimum atomic E-state index is -0.116. The number of hydrogen-bond acceptors (Lipinski definition) is 2. The highest BCUT2D eigenvalue weighted by Gasteiger charge is 2.22. The number of aromatic nitrogens is 2. The van der Waals surface area contributed by atoms with Gasteiger partial charge in [0.05, 0.1) is 17.8 Å². The van der Waals surface area contributed by atoms with Crippen LogP contribution >= 0.6 is 0 Å². The molecule has 0 fully saturated rings. The van der Waals surface area contributed by atoms with Crippen molar-refractivity contribution in [2.45, 2.75) is 39.5 Å². The Morgan fingerprint density at radius 2 is 1.59 bits per heavy atom. The monoisotopic (exact) mass is 361 g/mol. The van der Waals surface area contributed by atoms with Crippen LogP contribution in [0.2, 0.25) is 0 Å². The van der Waals surface area contributed by atoms with Crippen molar-refractivity contribution in [1.29, 1.82) is 0 Å². The summed E-state index contributed by atoms with van der Waals surface area (Å²) in [6, 6.07) is 20.3. The Balaban J connectivity index is 1.69. The molecule has 3 rings (SSSR count). The average Bonchev–Trinajstić information content (AvgIpc) is 2.96. The third kappa shape index (κ3) is 4.27. The lowest BCUT2D eigenvalue weighted by Crippen LogP contribution is -2.37. The molecule has 0 aliphatic heterocycles. The zero-order valence-corrected chi connectivity index (χ0v) is 16.5. The van der Waals surface area contributed by atoms with Crippen molar-refractivity contribution >= 4 is 5.91 Å². The number of amides is 1. The molecule has 0 atom stereocenters. The summed E-state index contributed by atoms with van der Waals surface area (Å²) < 4.78 is 1.91. The van der Waals surface area contributed by atoms with Crippen LogP contribution in [0.1, 0.15) is 36.4 Å². The SMILES string of the molecule is Cc1nn(-c2ccccc2)c(C)c1CC(=O)NCC(C)(C)c1ccccc1. The first-order valence-electron chi connectivity index (χ1n) is 9.31. The second kappa shape index (κ2) is 7.78. The smallest absolute Gasteiger partial charge is 0.224 e. The van der Waals surface area contributed by atoms with Gasteiger partial charge in [-0.3, -0.25) is 4.79 Å². The highest BCUT2D eigenvalue weighted by atomic mass is 16.1. The van der Waals surface area contributed by atoms with Crippen LogP contribution in [0.25, 0.3) is 5.69 Å². The summed E-state index contributed by atoms with van der Waals surface area (Å²) in [5.41, 5.74) is 5.01. The zero-order chi connectivity index (χ0) is 19.4. The van der Waals surface area contributed by atoms with Crippen LogP contribution in [0.15, 0.2) is 60.7 Å². The zero-order valence-electron chi connectivity index (χ0n) is 16.5. The van der Waals surface area contributed by atoms with Crippen molar-refractivity contribution in [2.75, 3.05) is 6.54 Å². The number of hydrogen-bond donors (Lipinski definition) is 1. The Hall–Kier alpha value is -2.88. The fourth-order valence-corrected chi connectivity index (χ4v) is 3.29. The van der Waals surface area contributed by atoms with Crippen LogP contribution < -0.4 is 5.32 Å². The highest BCUT2D eigenvalue weighted by molar-refractivity contribution is 5.79. The number of nitrogens with one attached hydrogen (secondary N) is 1. The molecule has 0 radical (unpaired) electrons. The molecule has 1 heterocycles. The first-order valence-corrected chi connectivity index (χ1v) is 9.31. The van der Waals surface area contributed by atoms with Gasteiger partial charge in [0.15, 0.2) is 0 Å². The number of benzene rings is 2. The van der Waals surface area contributed by atoms with Gasteiger partial charge in [-0.2, -0.15) is 5.10 Å². The highest BCUT2D eigenvalue weighted by Crippen LogP contribution is 2.22. The summed E-state index contributed by atoms with van der Waals surface area (Å²) in [6.07, 6.45) is 0.343. The van der Waals surface area contributed by atoms with E-state index in [1.54, 1.807) is 0 Å². The van der Waals surface area contributed by atoms with E-state index in [9.17, 15) is 4.79 Å². The van der Waals surface area contributed by atoms with Gasteiger partial charge in [0.25, 0.3) is 0 Å². The van der Waals surface area contributed by atoms with Crippen LogP contribution in [-0.4, -0.2) is 22.2 Å². The first kappa shape index (κ1) is 18.9. The van der Waals surface area contributed by atoms with Crippen LogP contribution in [-0.2, 0) is 16.6 Å². The predicted molar refractivity (Wildman–Crippen MR) is 109 cm³/mol. The van der Waals surface area contributed by atoms with Crippen molar-refractivity contribution in [3.05, 3.63) is 83.2 Å². The van der Waals surface area contributed by atoms with E-state index in [0.29, 0.717) is 13.0 Å². The van der Waals surface area contributed by atoms with Crippen LogP contribution in [0, 0.1) is 13.8 Å². The van der Waals surface area contributed by atoms with Gasteiger partial charge in [-0.05, 0) is 31.5 Å². The van der Waals surface area contributed by atoms with E-state index in [1.807, 2.05) is 67.1 Å². The molecule has 140 valence electrons. The minimum Gasteiger partial charge on any atom is -0.355 e. The molecule has 27 heavy (non-hydrogen) atoms. The van der Waals surface area contributed by atoms with Gasteiger partial charge in [-0.25, -0.2) is 4.68 Å². The Labute approximate surface area is 161 Å². The average molecular weight is 361 g/mol. The number of rotatable bonds is 6. The summed E-state index contributed by atoms with van der Waals surface area (Å²) in [7, 11) is 0. The summed E-state index contributed by atoms with van der Waals surface area (Å²) >= 11 is 0. The molecular weight excluding hydrogens is 334 g/mol. The van der Waals surface area contributed by atoms with Crippen LogP contribution in [0.4, 0.5) is 0 Å². The van der Waals surface area contributed by atoms with E-state index >= 15 is 0 Å². The molecule has 1 N–H and O–H groups in total. The molecular formula is C23H27N3O. The lowest BCUT2D eigenvalue weighted by molar-refractivity contribution is -0.120. The van der Waals surface area contributed by atoms with E-state index in [-0.39, 0.29) is 11.3 Å². The Bertz CT molecular complexity index is 912. The Kier molecular flexibility index (Phi) is 5.45. The second-order valence-electron chi connectivity index (χ2n) is 7.60. The molecule has 3 aromatic rings. The molecule has 4 nitrogen and oxygen atoms in total. The number of para-hydroxylation sites is 1. The molecule has 4 heteroatoms. The maximum atomic E-state index is 12.6. The first-order chi connectivity index (χ1) is 12.9. The fourth-order valence-electron chi connectivity index (χ4n) is 3.29. The molecule has 0 spiro atoms. The molecule has 1 amide bonds. The van der Waals surface area contributed by atoms with E-state index in [0.717, 1.165) is 22.6 Å². The summed E-state index contributed by atoms with van der Waals surface area (Å²) in [5.74, 6) is 0.0258. The van der Waals surface area contributed by atoms with E-state index < -0.39 is 0 Å². The van der Waals surface area contributed by atoms with Gasteiger partial charge in [0.1, 0.15) is 0 Å². The topological polar surface area (TPSA) is 46.9 Å². The molecule has 0 aliphatic carbocycles. The maximum absolute atomic E-state index is 12.6. The third-order valence-electron chi connectivity index (χ3n) is 5.06.